The van der Waals surface area contributed by atoms with E-state index in [0.717, 1.165) is 26.2 Å². The Bertz CT molecular complexity index is 965. The summed E-state index contributed by atoms with van der Waals surface area (Å²) >= 11 is 0. The number of benzene rings is 2. The summed E-state index contributed by atoms with van der Waals surface area (Å²) in [4.78, 5) is 16.6. The van der Waals surface area contributed by atoms with E-state index < -0.39 is 5.82 Å². The van der Waals surface area contributed by atoms with E-state index in [-0.39, 0.29) is 11.7 Å². The number of nitrogens with one attached hydrogen (secondary N) is 2. The maximum Gasteiger partial charge on any atom is 0.257 e. The molecule has 2 aliphatic rings. The minimum atomic E-state index is -0.412. The molecule has 0 spiro atoms. The third-order valence-electron chi connectivity index (χ3n) is 5.48. The van der Waals surface area contributed by atoms with Gasteiger partial charge in [0.2, 0.25) is 0 Å². The van der Waals surface area contributed by atoms with Crippen LogP contribution in [0.1, 0.15) is 19.4 Å². The maximum atomic E-state index is 14.7. The van der Waals surface area contributed by atoms with Crippen LogP contribution in [0.2, 0.25) is 0 Å². The van der Waals surface area contributed by atoms with E-state index >= 15 is 0 Å². The van der Waals surface area contributed by atoms with E-state index in [4.69, 9.17) is 0 Å². The minimum Gasteiger partial charge on any atom is -0.367 e. The van der Waals surface area contributed by atoms with E-state index in [1.165, 1.54) is 24.4 Å². The fourth-order valence-electron chi connectivity index (χ4n) is 3.80. The van der Waals surface area contributed by atoms with Crippen molar-refractivity contribution in [1.29, 1.82) is 0 Å². The van der Waals surface area contributed by atoms with Crippen LogP contribution < -0.4 is 15.5 Å². The number of piperazine rings is 1. The van der Waals surface area contributed by atoms with Gasteiger partial charge in [-0.05, 0) is 50.2 Å². The first-order valence-corrected chi connectivity index (χ1v) is 9.79. The number of rotatable bonds is 4. The van der Waals surface area contributed by atoms with Crippen LogP contribution in [0.3, 0.4) is 0 Å². The number of hydrogen-bond acceptors (Lipinski definition) is 4. The number of carbonyl (C=O) groups is 1. The fourth-order valence-corrected chi connectivity index (χ4v) is 3.80. The van der Waals surface area contributed by atoms with E-state index in [1.54, 1.807) is 18.2 Å². The molecule has 1 fully saturated rings. The second kappa shape index (κ2) is 7.83. The lowest BCUT2D eigenvalue weighted by molar-refractivity contribution is -0.110. The number of fused-ring (bicyclic) bond motifs is 1. The largest absolute Gasteiger partial charge is 0.367 e. The van der Waals surface area contributed by atoms with Crippen molar-refractivity contribution < 1.29 is 13.6 Å². The van der Waals surface area contributed by atoms with Gasteiger partial charge in [-0.1, -0.05) is 0 Å². The highest BCUT2D eigenvalue weighted by atomic mass is 19.1. The molecule has 2 aromatic carbocycles. The summed E-state index contributed by atoms with van der Waals surface area (Å²) in [6.07, 6.45) is 1.52. The zero-order valence-electron chi connectivity index (χ0n) is 16.5. The first-order valence-electron chi connectivity index (χ1n) is 9.79. The number of halogens is 2. The van der Waals surface area contributed by atoms with Gasteiger partial charge in [-0.3, -0.25) is 9.69 Å². The van der Waals surface area contributed by atoms with Gasteiger partial charge in [0.05, 0.1) is 16.9 Å². The molecule has 1 amide bonds. The third-order valence-corrected chi connectivity index (χ3v) is 5.48. The fraction of sp³-hybridized carbons (Fsp3) is 0.318. The van der Waals surface area contributed by atoms with Gasteiger partial charge in [0, 0.05) is 49.7 Å². The monoisotopic (exact) mass is 398 g/mol. The lowest BCUT2D eigenvalue weighted by Gasteiger charge is -2.38. The molecule has 5 nitrogen and oxygen atoms in total. The highest BCUT2D eigenvalue weighted by Crippen LogP contribution is 2.32. The molecule has 1 saturated heterocycles. The Morgan fingerprint density at radius 2 is 1.83 bits per heavy atom. The molecule has 0 saturated carbocycles. The van der Waals surface area contributed by atoms with Crippen molar-refractivity contribution in [2.45, 2.75) is 19.9 Å². The number of anilines is 3. The van der Waals surface area contributed by atoms with Crippen molar-refractivity contribution >= 4 is 28.5 Å². The molecule has 29 heavy (non-hydrogen) atoms. The molecule has 2 N–H and O–H groups in total. The van der Waals surface area contributed by atoms with Gasteiger partial charge >= 0.3 is 0 Å². The van der Waals surface area contributed by atoms with E-state index in [9.17, 15) is 13.6 Å². The van der Waals surface area contributed by atoms with Crippen molar-refractivity contribution in [3.63, 3.8) is 0 Å². The topological polar surface area (TPSA) is 47.6 Å². The Hall–Kier alpha value is -2.93. The van der Waals surface area contributed by atoms with Crippen LogP contribution in [0.15, 0.2) is 42.6 Å². The number of amides is 1. The zero-order valence-corrected chi connectivity index (χ0v) is 16.5. The standard InChI is InChI=1S/C22H24F2N4O/c1-14(2)27-7-9-28(10-8-27)21-6-4-16(12-19(21)24)25-13-18-17-5-3-15(23)11-20(17)26-22(18)29/h3-6,11-14,25H,7-10H2,1-2H3,(H,26,29)/b18-13+. The molecule has 4 rings (SSSR count). The van der Waals surface area contributed by atoms with Crippen LogP contribution in [-0.4, -0.2) is 43.0 Å². The molecule has 2 aliphatic heterocycles. The first-order chi connectivity index (χ1) is 13.9. The smallest absolute Gasteiger partial charge is 0.257 e. The first kappa shape index (κ1) is 19.4. The van der Waals surface area contributed by atoms with Crippen LogP contribution in [-0.2, 0) is 4.79 Å². The average molecular weight is 398 g/mol. The van der Waals surface area contributed by atoms with E-state index in [2.05, 4.69) is 34.3 Å². The molecular weight excluding hydrogens is 374 g/mol. The second-order valence-corrected chi connectivity index (χ2v) is 7.63. The van der Waals surface area contributed by atoms with E-state index in [0.29, 0.717) is 34.2 Å². The van der Waals surface area contributed by atoms with Crippen molar-refractivity contribution in [1.82, 2.24) is 4.90 Å². The normalized spacial score (nSPS) is 18.3. The summed E-state index contributed by atoms with van der Waals surface area (Å²) in [6.45, 7) is 7.75. The summed E-state index contributed by atoms with van der Waals surface area (Å²) < 4.78 is 28.0. The molecule has 0 bridgehead atoms. The molecule has 152 valence electrons. The molecule has 0 aliphatic carbocycles. The number of nitrogens with zero attached hydrogens (tertiary/aromatic N) is 2. The number of carbonyl (C=O) groups excluding carboxylic acids is 1. The highest BCUT2D eigenvalue weighted by molar-refractivity contribution is 6.31. The van der Waals surface area contributed by atoms with Crippen LogP contribution in [0.25, 0.3) is 5.57 Å². The SMILES string of the molecule is CC(C)N1CCN(c2ccc(N/C=C3/C(=O)Nc4cc(F)ccc43)cc2F)CC1. The maximum absolute atomic E-state index is 14.7. The molecule has 0 aromatic heterocycles. The molecule has 0 unspecified atom stereocenters. The van der Waals surface area contributed by atoms with Crippen LogP contribution in [0.4, 0.5) is 25.8 Å². The third kappa shape index (κ3) is 3.96. The van der Waals surface area contributed by atoms with Crippen LogP contribution >= 0.6 is 0 Å². The molecule has 0 atom stereocenters. The number of hydrogen-bond donors (Lipinski definition) is 2. The Morgan fingerprint density at radius 3 is 2.52 bits per heavy atom. The summed E-state index contributed by atoms with van der Waals surface area (Å²) in [5, 5.41) is 5.61. The van der Waals surface area contributed by atoms with Gasteiger partial charge < -0.3 is 15.5 Å². The summed E-state index contributed by atoms with van der Waals surface area (Å²) in [7, 11) is 0. The minimum absolute atomic E-state index is 0.301. The Kier molecular flexibility index (Phi) is 5.24. The van der Waals surface area contributed by atoms with E-state index in [1.807, 2.05) is 0 Å². The van der Waals surface area contributed by atoms with Crippen molar-refractivity contribution in [3.8, 4) is 0 Å². The zero-order chi connectivity index (χ0) is 20.5. The average Bonchev–Trinajstić information content (AvgIpc) is 3.00. The van der Waals surface area contributed by atoms with Crippen molar-refractivity contribution in [2.24, 2.45) is 0 Å². The second-order valence-electron chi connectivity index (χ2n) is 7.63. The van der Waals surface area contributed by atoms with Crippen molar-refractivity contribution in [2.75, 3.05) is 41.7 Å². The van der Waals surface area contributed by atoms with Crippen molar-refractivity contribution in [3.05, 3.63) is 59.8 Å². The van der Waals surface area contributed by atoms with Gasteiger partial charge in [-0.2, -0.15) is 0 Å². The summed E-state index contributed by atoms with van der Waals surface area (Å²) in [5.74, 6) is -1.03. The molecular formula is C22H24F2N4O. The summed E-state index contributed by atoms with van der Waals surface area (Å²) in [5.41, 5.74) is 2.57. The van der Waals surface area contributed by atoms with Gasteiger partial charge in [0.1, 0.15) is 11.6 Å². The highest BCUT2D eigenvalue weighted by Gasteiger charge is 2.24. The van der Waals surface area contributed by atoms with Gasteiger partial charge in [-0.25, -0.2) is 8.78 Å². The van der Waals surface area contributed by atoms with Crippen LogP contribution in [0.5, 0.6) is 0 Å². The lowest BCUT2D eigenvalue weighted by atomic mass is 10.1. The predicted octanol–water partition coefficient (Wildman–Crippen LogP) is 3.90. The van der Waals surface area contributed by atoms with Gasteiger partial charge in [-0.15, -0.1) is 0 Å². The Labute approximate surface area is 169 Å². The van der Waals surface area contributed by atoms with Crippen LogP contribution in [0, 0.1) is 11.6 Å². The predicted molar refractivity (Wildman–Crippen MR) is 112 cm³/mol. The molecule has 7 heteroatoms. The van der Waals surface area contributed by atoms with Gasteiger partial charge in [0.25, 0.3) is 5.91 Å². The molecule has 0 radical (unpaired) electrons. The Morgan fingerprint density at radius 1 is 1.07 bits per heavy atom. The molecule has 2 heterocycles. The Balaban J connectivity index is 1.47. The molecule has 2 aromatic rings. The quantitative estimate of drug-likeness (QED) is 0.767. The summed E-state index contributed by atoms with van der Waals surface area (Å²) in [6, 6.07) is 9.62. The lowest BCUT2D eigenvalue weighted by Crippen LogP contribution is -2.49. The van der Waals surface area contributed by atoms with Gasteiger partial charge in [0.15, 0.2) is 0 Å².